The van der Waals surface area contributed by atoms with E-state index in [9.17, 15) is 43.5 Å². The molecular weight excluding hydrogens is 770 g/mol. The predicted molar refractivity (Wildman–Crippen MR) is 204 cm³/mol. The molecule has 0 spiro atoms. The number of rotatable bonds is 12. The molecule has 0 aliphatic carbocycles. The first kappa shape index (κ1) is 39.6. The molecule has 282 valence electrons. The molecule has 14 nitrogen and oxygen atoms in total. The minimum atomic E-state index is -2.79. The monoisotopic (exact) mass is 811 g/mol. The molecule has 5 rings (SSSR count). The summed E-state index contributed by atoms with van der Waals surface area (Å²) in [5.41, 5.74) is 2.06. The maximum Gasteiger partial charge on any atom is 0.309 e. The van der Waals surface area contributed by atoms with Crippen LogP contribution in [0.2, 0.25) is 0 Å². The molecule has 3 aromatic carbocycles. The number of guanidine groups is 1. The third-order valence-corrected chi connectivity index (χ3v) is 10.2. The van der Waals surface area contributed by atoms with E-state index in [-0.39, 0.29) is 41.1 Å². The zero-order valence-corrected chi connectivity index (χ0v) is 31.6. The lowest BCUT2D eigenvalue weighted by Gasteiger charge is -2.29. The normalized spacial score (nSPS) is 17.7. The van der Waals surface area contributed by atoms with Crippen LogP contribution in [0, 0.1) is 5.92 Å². The first-order valence-corrected chi connectivity index (χ1v) is 18.8. The third-order valence-electron chi connectivity index (χ3n) is 8.96. The van der Waals surface area contributed by atoms with Crippen molar-refractivity contribution in [3.05, 3.63) is 87.4 Å². The number of hydrogen-bond acceptors (Lipinski definition) is 12. The predicted octanol–water partition coefficient (Wildman–Crippen LogP) is 3.49. The van der Waals surface area contributed by atoms with Crippen LogP contribution in [-0.2, 0) is 25.3 Å². The highest BCUT2D eigenvalue weighted by molar-refractivity contribution is 9.10. The van der Waals surface area contributed by atoms with E-state index >= 15 is 0 Å². The van der Waals surface area contributed by atoms with Gasteiger partial charge in [0.25, 0.3) is 0 Å². The molecule has 2 aliphatic heterocycles. The number of hydrogen-bond donors (Lipinski definition) is 8. The zero-order valence-electron chi connectivity index (χ0n) is 29.2. The van der Waals surface area contributed by atoms with Crippen molar-refractivity contribution in [2.24, 2.45) is 15.9 Å². The van der Waals surface area contributed by atoms with Gasteiger partial charge < -0.3 is 41.5 Å². The van der Waals surface area contributed by atoms with Gasteiger partial charge in [0.05, 0.1) is 48.2 Å². The lowest BCUT2D eigenvalue weighted by Crippen LogP contribution is -2.42. The maximum absolute atomic E-state index is 13.6. The molecule has 1 amide bonds. The first-order chi connectivity index (χ1) is 25.0. The number of halogens is 1. The van der Waals surface area contributed by atoms with E-state index in [2.05, 4.69) is 41.9 Å². The Morgan fingerprint density at radius 2 is 1.77 bits per heavy atom. The lowest BCUT2D eigenvalue weighted by atomic mass is 9.82. The fourth-order valence-electron chi connectivity index (χ4n) is 6.19. The number of phenols is 1. The number of benzene rings is 3. The van der Waals surface area contributed by atoms with Crippen LogP contribution in [0.4, 0.5) is 11.4 Å². The molecule has 5 unspecified atom stereocenters. The number of carboxylic acid groups (broad SMARTS) is 1. The Balaban J connectivity index is 1.39. The van der Waals surface area contributed by atoms with Gasteiger partial charge in [0, 0.05) is 34.8 Å². The number of aromatic hydroxyl groups is 1. The summed E-state index contributed by atoms with van der Waals surface area (Å²) in [6, 6.07) is 15.0. The second-order valence-electron chi connectivity index (χ2n) is 14.1. The molecule has 0 bridgehead atoms. The number of fused-ring (bicyclic) bond motifs is 1. The van der Waals surface area contributed by atoms with Gasteiger partial charge in [-0.3, -0.25) is 14.6 Å². The molecule has 16 heteroatoms. The van der Waals surface area contributed by atoms with Crippen LogP contribution >= 0.6 is 15.9 Å². The summed E-state index contributed by atoms with van der Waals surface area (Å²) >= 11 is 3.51. The van der Waals surface area contributed by atoms with Crippen molar-refractivity contribution >= 4 is 66.0 Å². The molecule has 0 aromatic heterocycles. The van der Waals surface area contributed by atoms with Crippen LogP contribution in [0.3, 0.4) is 0 Å². The van der Waals surface area contributed by atoms with E-state index in [1.54, 1.807) is 42.5 Å². The molecular formula is C37H42BrN5O9S. The lowest BCUT2D eigenvalue weighted by molar-refractivity contribution is -0.144. The summed E-state index contributed by atoms with van der Waals surface area (Å²) < 4.78 is 25.2. The first-order valence-electron chi connectivity index (χ1n) is 16.9. The van der Waals surface area contributed by atoms with Gasteiger partial charge in [0.2, 0.25) is 16.2 Å². The van der Waals surface area contributed by atoms with Gasteiger partial charge >= 0.3 is 5.97 Å². The Morgan fingerprint density at radius 3 is 2.43 bits per heavy atom. The van der Waals surface area contributed by atoms with Crippen LogP contribution in [0.5, 0.6) is 5.75 Å². The molecule has 0 radical (unpaired) electrons. The van der Waals surface area contributed by atoms with Crippen LogP contribution in [-0.4, -0.2) is 87.7 Å². The van der Waals surface area contributed by atoms with E-state index < -0.39 is 58.9 Å². The summed E-state index contributed by atoms with van der Waals surface area (Å²) in [6.45, 7) is 6.43. The standard InChI is InChI=1S/C37H42BrN5O9S/c1-37(2,3)21-10-20(11-22(38)14-21)32(27(35(49)50)16-30(47)33-34(53(51)52)26-6-4-5-7-28(26)42-33)43-31(48)9-8-29(46)19-12-23(15-24(44)13-19)41-36-39-17-25(45)18-40-36/h4-7,10-15,25,27,29-30,32,44-47H,8-9,16-18H2,1-3H3,(H,43,48)(H,49,50)(H2,39,40,41). The van der Waals surface area contributed by atoms with Crippen molar-refractivity contribution < 1.29 is 43.5 Å². The van der Waals surface area contributed by atoms with Crippen molar-refractivity contribution in [3.63, 3.8) is 0 Å². The van der Waals surface area contributed by atoms with Gasteiger partial charge in [-0.1, -0.05) is 61.0 Å². The second kappa shape index (κ2) is 16.6. The molecule has 3 aromatic rings. The molecule has 0 saturated heterocycles. The number of nitrogens with one attached hydrogen (secondary N) is 3. The summed E-state index contributed by atoms with van der Waals surface area (Å²) in [6.07, 6.45) is -4.27. The average Bonchev–Trinajstić information content (AvgIpc) is 3.49. The number of carbonyl (C=O) groups excluding carboxylic acids is 1. The highest BCUT2D eigenvalue weighted by Crippen LogP contribution is 2.35. The molecule has 5 atom stereocenters. The number of β-amino-alcohol motifs (C(OH)–C–C–N with tert-alkyl or cyclic N) is 1. The largest absolute Gasteiger partial charge is 0.508 e. The maximum atomic E-state index is 13.6. The van der Waals surface area contributed by atoms with Crippen LogP contribution in [0.1, 0.15) is 74.4 Å². The van der Waals surface area contributed by atoms with Gasteiger partial charge in [0.1, 0.15) is 10.6 Å². The van der Waals surface area contributed by atoms with Crippen LogP contribution in [0.15, 0.2) is 75.1 Å². The van der Waals surface area contributed by atoms with Gasteiger partial charge in [-0.05, 0) is 65.3 Å². The number of phenolic OH excluding ortho intramolecular Hbond substituents is 1. The Hall–Kier alpha value is -4.61. The minimum absolute atomic E-state index is 0.0956. The third kappa shape index (κ3) is 9.88. The number of carbonyl (C=O) groups is 2. The van der Waals surface area contributed by atoms with Crippen LogP contribution < -0.4 is 16.0 Å². The summed E-state index contributed by atoms with van der Waals surface area (Å²) in [7, 11) is -2.79. The van der Waals surface area contributed by atoms with E-state index in [1.165, 1.54) is 12.1 Å². The Labute approximate surface area is 316 Å². The van der Waals surface area contributed by atoms with E-state index in [4.69, 9.17) is 0 Å². The van der Waals surface area contributed by atoms with Gasteiger partial charge in [0.15, 0.2) is 5.96 Å². The Bertz CT molecular complexity index is 2090. The quantitative estimate of drug-likeness (QED) is 0.124. The molecule has 8 N–H and O–H groups in total. The minimum Gasteiger partial charge on any atom is -0.508 e. The summed E-state index contributed by atoms with van der Waals surface area (Å²) in [5, 5.41) is 61.8. The smallest absolute Gasteiger partial charge is 0.309 e. The Morgan fingerprint density at radius 1 is 1.04 bits per heavy atom. The number of amides is 1. The fraction of sp³-hybridized carbons (Fsp3) is 0.378. The van der Waals surface area contributed by atoms with Crippen molar-refractivity contribution in [1.29, 1.82) is 0 Å². The van der Waals surface area contributed by atoms with Crippen molar-refractivity contribution in [3.8, 4) is 5.75 Å². The average molecular weight is 813 g/mol. The molecule has 0 saturated carbocycles. The number of aliphatic hydroxyl groups excluding tert-OH is 3. The Kier molecular flexibility index (Phi) is 12.4. The van der Waals surface area contributed by atoms with Crippen LogP contribution in [0.25, 0.3) is 0 Å². The molecule has 2 heterocycles. The molecule has 0 fully saturated rings. The van der Waals surface area contributed by atoms with Gasteiger partial charge in [-0.15, -0.1) is 0 Å². The summed E-state index contributed by atoms with van der Waals surface area (Å²) in [5.74, 6) is -3.16. The van der Waals surface area contributed by atoms with Crippen molar-refractivity contribution in [2.75, 3.05) is 18.4 Å². The number of nitrogens with zero attached hydrogens (tertiary/aromatic N) is 2. The summed E-state index contributed by atoms with van der Waals surface area (Å²) in [4.78, 5) is 34.9. The second-order valence-corrected chi connectivity index (χ2v) is 15.9. The van der Waals surface area contributed by atoms with Crippen molar-refractivity contribution in [1.82, 2.24) is 10.6 Å². The number of aliphatic hydroxyl groups is 3. The number of anilines is 1. The van der Waals surface area contributed by atoms with E-state index in [0.29, 0.717) is 45.0 Å². The van der Waals surface area contributed by atoms with Gasteiger partial charge in [-0.25, -0.2) is 4.99 Å². The highest BCUT2D eigenvalue weighted by Gasteiger charge is 2.38. The molecule has 53 heavy (non-hydrogen) atoms. The number of aliphatic carboxylic acids is 1. The fourth-order valence-corrected chi connectivity index (χ4v) is 7.40. The SMILES string of the molecule is CC(C)(C)c1cc(Br)cc(C(NC(=O)CCC(O)c2cc(O)cc(NC3=NCC(O)CN3)c2)C(CC(O)C2=Nc3ccccc3C2=S(=O)=O)C(=O)O)c1. The topological polar surface area (TPSA) is 230 Å². The van der Waals surface area contributed by atoms with Gasteiger partial charge in [-0.2, -0.15) is 8.42 Å². The number of carboxylic acids is 1. The van der Waals surface area contributed by atoms with Crippen molar-refractivity contribution in [2.45, 2.75) is 69.8 Å². The highest BCUT2D eigenvalue weighted by atomic mass is 79.9. The molecule has 2 aliphatic rings. The van der Waals surface area contributed by atoms with E-state index in [0.717, 1.165) is 5.56 Å². The zero-order chi connectivity index (χ0) is 38.6. The number of para-hydroxylation sites is 1. The number of aliphatic imine (C=N–C) groups is 2. The van der Waals surface area contributed by atoms with E-state index in [1.807, 2.05) is 26.8 Å².